The summed E-state index contributed by atoms with van der Waals surface area (Å²) >= 11 is 1.34. The SMILES string of the molecule is CC1(C)CCCC1(C)C(=O)NC1CCSC1=O. The zero-order valence-corrected chi connectivity index (χ0v) is 11.7. The van der Waals surface area contributed by atoms with Crippen molar-refractivity contribution in [3.8, 4) is 0 Å². The van der Waals surface area contributed by atoms with E-state index in [-0.39, 0.29) is 27.9 Å². The smallest absolute Gasteiger partial charge is 0.227 e. The molecule has 96 valence electrons. The van der Waals surface area contributed by atoms with Gasteiger partial charge >= 0.3 is 0 Å². The van der Waals surface area contributed by atoms with Crippen LogP contribution in [0.3, 0.4) is 0 Å². The van der Waals surface area contributed by atoms with Gasteiger partial charge in [0, 0.05) is 5.75 Å². The molecule has 0 spiro atoms. The lowest BCUT2D eigenvalue weighted by Crippen LogP contribution is -2.49. The molecule has 17 heavy (non-hydrogen) atoms. The van der Waals surface area contributed by atoms with Gasteiger partial charge in [-0.2, -0.15) is 0 Å². The highest BCUT2D eigenvalue weighted by Crippen LogP contribution is 2.52. The summed E-state index contributed by atoms with van der Waals surface area (Å²) in [6.45, 7) is 6.36. The van der Waals surface area contributed by atoms with Crippen LogP contribution >= 0.6 is 11.8 Å². The zero-order chi connectivity index (χ0) is 12.7. The zero-order valence-electron chi connectivity index (χ0n) is 10.8. The molecule has 0 radical (unpaired) electrons. The van der Waals surface area contributed by atoms with Crippen LogP contribution in [-0.4, -0.2) is 22.8 Å². The van der Waals surface area contributed by atoms with E-state index < -0.39 is 0 Å². The Kier molecular flexibility index (Phi) is 3.27. The molecule has 2 rings (SSSR count). The van der Waals surface area contributed by atoms with Gasteiger partial charge in [0.25, 0.3) is 0 Å². The minimum Gasteiger partial charge on any atom is -0.345 e. The monoisotopic (exact) mass is 255 g/mol. The maximum absolute atomic E-state index is 12.4. The molecule has 1 saturated carbocycles. The van der Waals surface area contributed by atoms with Crippen molar-refractivity contribution >= 4 is 22.8 Å². The molecule has 2 fully saturated rings. The van der Waals surface area contributed by atoms with Gasteiger partial charge in [-0.15, -0.1) is 0 Å². The Morgan fingerprint density at radius 1 is 1.35 bits per heavy atom. The van der Waals surface area contributed by atoms with Crippen molar-refractivity contribution in [3.63, 3.8) is 0 Å². The quantitative estimate of drug-likeness (QED) is 0.824. The van der Waals surface area contributed by atoms with Crippen LogP contribution in [-0.2, 0) is 9.59 Å². The predicted octanol–water partition coefficient (Wildman–Crippen LogP) is 2.35. The fraction of sp³-hybridized carbons (Fsp3) is 0.846. The molecule has 1 amide bonds. The average Bonchev–Trinajstić information content (AvgIpc) is 2.74. The molecule has 4 heteroatoms. The summed E-state index contributed by atoms with van der Waals surface area (Å²) in [5.74, 6) is 0.907. The van der Waals surface area contributed by atoms with Crippen LogP contribution < -0.4 is 5.32 Å². The summed E-state index contributed by atoms with van der Waals surface area (Å²) in [6.07, 6.45) is 3.90. The Balaban J connectivity index is 2.07. The number of nitrogens with one attached hydrogen (secondary N) is 1. The van der Waals surface area contributed by atoms with Crippen molar-refractivity contribution in [2.45, 2.75) is 52.5 Å². The van der Waals surface area contributed by atoms with E-state index >= 15 is 0 Å². The van der Waals surface area contributed by atoms with Crippen LogP contribution in [0.4, 0.5) is 0 Å². The van der Waals surface area contributed by atoms with Crippen LogP contribution in [0, 0.1) is 10.8 Å². The highest BCUT2D eigenvalue weighted by Gasteiger charge is 2.51. The molecule has 1 heterocycles. The van der Waals surface area contributed by atoms with Gasteiger partial charge in [-0.1, -0.05) is 39.0 Å². The Morgan fingerprint density at radius 3 is 2.53 bits per heavy atom. The third-order valence-electron chi connectivity index (χ3n) is 4.71. The predicted molar refractivity (Wildman–Crippen MR) is 69.8 cm³/mol. The van der Waals surface area contributed by atoms with Crippen molar-refractivity contribution in [1.82, 2.24) is 5.32 Å². The van der Waals surface area contributed by atoms with Gasteiger partial charge < -0.3 is 5.32 Å². The maximum Gasteiger partial charge on any atom is 0.227 e. The van der Waals surface area contributed by atoms with E-state index in [1.165, 1.54) is 11.8 Å². The standard InChI is InChI=1S/C13H21NO2S/c1-12(2)6-4-7-13(12,3)11(16)14-9-5-8-17-10(9)15/h9H,4-8H2,1-3H3,(H,14,16). The molecule has 2 aliphatic rings. The van der Waals surface area contributed by atoms with Gasteiger partial charge in [-0.25, -0.2) is 0 Å². The molecule has 0 aromatic heterocycles. The molecule has 2 atom stereocenters. The summed E-state index contributed by atoms with van der Waals surface area (Å²) in [4.78, 5) is 24.0. The molecule has 1 N–H and O–H groups in total. The first-order chi connectivity index (χ1) is 7.87. The van der Waals surface area contributed by atoms with Crippen LogP contribution in [0.1, 0.15) is 46.5 Å². The summed E-state index contributed by atoms with van der Waals surface area (Å²) in [7, 11) is 0. The Labute approximate surface area is 107 Å². The van der Waals surface area contributed by atoms with Crippen LogP contribution in [0.5, 0.6) is 0 Å². The third kappa shape index (κ3) is 2.12. The number of hydrogen-bond acceptors (Lipinski definition) is 3. The lowest BCUT2D eigenvalue weighted by Gasteiger charge is -2.37. The second kappa shape index (κ2) is 4.30. The molecule has 1 saturated heterocycles. The largest absolute Gasteiger partial charge is 0.345 e. The van der Waals surface area contributed by atoms with E-state index in [9.17, 15) is 9.59 Å². The summed E-state index contributed by atoms with van der Waals surface area (Å²) in [6, 6.07) is -0.249. The maximum atomic E-state index is 12.4. The van der Waals surface area contributed by atoms with Crippen molar-refractivity contribution in [2.75, 3.05) is 5.75 Å². The molecule has 3 nitrogen and oxygen atoms in total. The van der Waals surface area contributed by atoms with Crippen molar-refractivity contribution in [1.29, 1.82) is 0 Å². The van der Waals surface area contributed by atoms with E-state index in [0.717, 1.165) is 31.4 Å². The minimum atomic E-state index is -0.319. The van der Waals surface area contributed by atoms with E-state index in [1.54, 1.807) is 0 Å². The summed E-state index contributed by atoms with van der Waals surface area (Å²) in [5.41, 5.74) is -0.285. The molecule has 1 aliphatic carbocycles. The van der Waals surface area contributed by atoms with Crippen molar-refractivity contribution in [3.05, 3.63) is 0 Å². The van der Waals surface area contributed by atoms with Crippen LogP contribution in [0.15, 0.2) is 0 Å². The van der Waals surface area contributed by atoms with Crippen LogP contribution in [0.2, 0.25) is 0 Å². The third-order valence-corrected chi connectivity index (χ3v) is 5.72. The lowest BCUT2D eigenvalue weighted by molar-refractivity contribution is -0.137. The Morgan fingerprint density at radius 2 is 2.06 bits per heavy atom. The lowest BCUT2D eigenvalue weighted by atomic mass is 9.68. The van der Waals surface area contributed by atoms with Gasteiger partial charge in [0.05, 0.1) is 11.5 Å². The van der Waals surface area contributed by atoms with Gasteiger partial charge in [-0.05, 0) is 24.7 Å². The highest BCUT2D eigenvalue weighted by molar-refractivity contribution is 8.14. The molecule has 0 bridgehead atoms. The number of hydrogen-bond donors (Lipinski definition) is 1. The van der Waals surface area contributed by atoms with E-state index in [1.807, 2.05) is 6.92 Å². The second-order valence-corrected chi connectivity index (χ2v) is 7.15. The molecule has 0 aromatic rings. The number of amides is 1. The molecular formula is C13H21NO2S. The van der Waals surface area contributed by atoms with E-state index in [2.05, 4.69) is 19.2 Å². The topological polar surface area (TPSA) is 46.2 Å². The molecule has 2 unspecified atom stereocenters. The van der Waals surface area contributed by atoms with Crippen molar-refractivity contribution in [2.24, 2.45) is 10.8 Å². The number of carbonyl (C=O) groups excluding carboxylic acids is 2. The van der Waals surface area contributed by atoms with Gasteiger partial charge in [0.2, 0.25) is 11.0 Å². The van der Waals surface area contributed by atoms with Gasteiger partial charge in [0.1, 0.15) is 0 Å². The molecule has 1 aliphatic heterocycles. The first-order valence-electron chi connectivity index (χ1n) is 6.34. The highest BCUT2D eigenvalue weighted by atomic mass is 32.2. The normalized spacial score (nSPS) is 36.2. The van der Waals surface area contributed by atoms with Crippen LogP contribution in [0.25, 0.3) is 0 Å². The average molecular weight is 255 g/mol. The molecule has 0 aromatic carbocycles. The Bertz CT molecular complexity index is 353. The number of carbonyl (C=O) groups is 2. The van der Waals surface area contributed by atoms with E-state index in [4.69, 9.17) is 0 Å². The fourth-order valence-electron chi connectivity index (χ4n) is 2.86. The minimum absolute atomic E-state index is 0.0336. The summed E-state index contributed by atoms with van der Waals surface area (Å²) in [5, 5.41) is 3.08. The number of rotatable bonds is 2. The van der Waals surface area contributed by atoms with Gasteiger partial charge in [0.15, 0.2) is 0 Å². The first-order valence-corrected chi connectivity index (χ1v) is 7.33. The Hall–Kier alpha value is -0.510. The second-order valence-electron chi connectivity index (χ2n) is 6.05. The first kappa shape index (κ1) is 12.9. The molecular weight excluding hydrogens is 234 g/mol. The van der Waals surface area contributed by atoms with Gasteiger partial charge in [-0.3, -0.25) is 9.59 Å². The summed E-state index contributed by atoms with van der Waals surface area (Å²) < 4.78 is 0. The van der Waals surface area contributed by atoms with Crippen molar-refractivity contribution < 1.29 is 9.59 Å². The number of thioether (sulfide) groups is 1. The fourth-order valence-corrected chi connectivity index (χ4v) is 3.80. The van der Waals surface area contributed by atoms with E-state index in [0.29, 0.717) is 0 Å².